The summed E-state index contributed by atoms with van der Waals surface area (Å²) >= 11 is 1.47. The average Bonchev–Trinajstić information content (AvgIpc) is 3.32. The summed E-state index contributed by atoms with van der Waals surface area (Å²) in [6, 6.07) is 26.2. The topological polar surface area (TPSA) is 47.4 Å². The quantitative estimate of drug-likeness (QED) is 0.354. The minimum atomic E-state index is 0.109. The summed E-state index contributed by atoms with van der Waals surface area (Å²) in [6.45, 7) is 0.762. The number of para-hydroxylation sites is 1. The van der Waals surface area contributed by atoms with Crippen LogP contribution < -0.4 is 9.64 Å². The van der Waals surface area contributed by atoms with Crippen molar-refractivity contribution in [3.05, 3.63) is 90.6 Å². The Morgan fingerprint density at radius 3 is 2.55 bits per heavy atom. The van der Waals surface area contributed by atoms with Crippen molar-refractivity contribution in [2.45, 2.75) is 18.0 Å². The maximum atomic E-state index is 13.2. The van der Waals surface area contributed by atoms with Crippen molar-refractivity contribution in [3.8, 4) is 22.7 Å². The van der Waals surface area contributed by atoms with Gasteiger partial charge in [0.05, 0.1) is 18.6 Å². The van der Waals surface area contributed by atoms with Gasteiger partial charge in [0.25, 0.3) is 0 Å². The van der Waals surface area contributed by atoms with E-state index in [4.69, 9.17) is 9.72 Å². The van der Waals surface area contributed by atoms with E-state index in [1.807, 2.05) is 88.5 Å². The molecule has 0 saturated carbocycles. The Labute approximate surface area is 198 Å². The Morgan fingerprint density at radius 1 is 1.00 bits per heavy atom. The van der Waals surface area contributed by atoms with Crippen LogP contribution in [-0.2, 0) is 11.2 Å². The van der Waals surface area contributed by atoms with Crippen molar-refractivity contribution >= 4 is 23.4 Å². The fourth-order valence-corrected chi connectivity index (χ4v) is 5.01. The lowest BCUT2D eigenvalue weighted by Crippen LogP contribution is -2.36. The van der Waals surface area contributed by atoms with Gasteiger partial charge in [0.15, 0.2) is 5.16 Å². The Balaban J connectivity index is 1.42. The molecule has 5 rings (SSSR count). The minimum absolute atomic E-state index is 0.109. The van der Waals surface area contributed by atoms with Gasteiger partial charge in [0.2, 0.25) is 5.91 Å². The predicted molar refractivity (Wildman–Crippen MR) is 133 cm³/mol. The molecule has 0 fully saturated rings. The fraction of sp³-hybridized carbons (Fsp3) is 0.185. The van der Waals surface area contributed by atoms with Crippen LogP contribution in [0.25, 0.3) is 16.9 Å². The number of fused-ring (bicyclic) bond motifs is 1. The number of hydrogen-bond donors (Lipinski definition) is 0. The highest BCUT2D eigenvalue weighted by Crippen LogP contribution is 2.31. The molecule has 3 aromatic carbocycles. The number of rotatable bonds is 6. The SMILES string of the molecule is COc1ccc(-n2cc(-c3ccccc3)nc2SCC(=O)N2CCCc3ccccc32)cc1. The summed E-state index contributed by atoms with van der Waals surface area (Å²) in [5, 5.41) is 0.790. The second-order valence-electron chi connectivity index (χ2n) is 7.91. The number of aromatic nitrogens is 2. The molecule has 0 unspecified atom stereocenters. The first kappa shape index (κ1) is 21.3. The molecule has 2 heterocycles. The van der Waals surface area contributed by atoms with E-state index in [2.05, 4.69) is 6.07 Å². The van der Waals surface area contributed by atoms with Gasteiger partial charge < -0.3 is 9.64 Å². The van der Waals surface area contributed by atoms with Crippen molar-refractivity contribution in [1.29, 1.82) is 0 Å². The standard InChI is InChI=1S/C27H25N3O2S/c1-32-23-15-13-22(14-16-23)30-18-24(20-8-3-2-4-9-20)28-27(30)33-19-26(31)29-17-7-11-21-10-5-6-12-25(21)29/h2-6,8-10,12-16,18H,7,11,17,19H2,1H3. The fourth-order valence-electron chi connectivity index (χ4n) is 4.14. The molecule has 0 spiro atoms. The second-order valence-corrected chi connectivity index (χ2v) is 8.85. The Hall–Kier alpha value is -3.51. The number of hydrogen-bond acceptors (Lipinski definition) is 4. The van der Waals surface area contributed by atoms with E-state index >= 15 is 0 Å². The highest BCUT2D eigenvalue weighted by molar-refractivity contribution is 7.99. The highest BCUT2D eigenvalue weighted by atomic mass is 32.2. The first-order valence-corrected chi connectivity index (χ1v) is 12.0. The van der Waals surface area contributed by atoms with E-state index in [9.17, 15) is 4.79 Å². The van der Waals surface area contributed by atoms with Crippen molar-refractivity contribution in [2.75, 3.05) is 24.3 Å². The molecule has 1 amide bonds. The van der Waals surface area contributed by atoms with Crippen molar-refractivity contribution in [3.63, 3.8) is 0 Å². The van der Waals surface area contributed by atoms with E-state index < -0.39 is 0 Å². The van der Waals surface area contributed by atoms with Crippen LogP contribution in [-0.4, -0.2) is 34.9 Å². The lowest BCUT2D eigenvalue weighted by atomic mass is 10.0. The zero-order valence-electron chi connectivity index (χ0n) is 18.5. The van der Waals surface area contributed by atoms with E-state index in [1.54, 1.807) is 7.11 Å². The third-order valence-electron chi connectivity index (χ3n) is 5.83. The van der Waals surface area contributed by atoms with Crippen molar-refractivity contribution < 1.29 is 9.53 Å². The van der Waals surface area contributed by atoms with Crippen LogP contribution in [0.2, 0.25) is 0 Å². The molecule has 0 atom stereocenters. The lowest BCUT2D eigenvalue weighted by molar-refractivity contribution is -0.116. The van der Waals surface area contributed by atoms with Crippen LogP contribution in [0.1, 0.15) is 12.0 Å². The molecule has 0 radical (unpaired) electrons. The molecule has 0 bridgehead atoms. The molecule has 0 saturated heterocycles. The van der Waals surface area contributed by atoms with Gasteiger partial charge in [-0.1, -0.05) is 60.3 Å². The Bertz CT molecular complexity index is 1250. The first-order valence-electron chi connectivity index (χ1n) is 11.0. The summed E-state index contributed by atoms with van der Waals surface area (Å²) in [7, 11) is 1.66. The van der Waals surface area contributed by atoms with Gasteiger partial charge in [-0.05, 0) is 48.7 Å². The summed E-state index contributed by atoms with van der Waals surface area (Å²) in [5.74, 6) is 1.24. The van der Waals surface area contributed by atoms with Gasteiger partial charge in [0, 0.05) is 29.7 Å². The highest BCUT2D eigenvalue weighted by Gasteiger charge is 2.23. The number of nitrogens with zero attached hydrogens (tertiary/aromatic N) is 3. The zero-order chi connectivity index (χ0) is 22.6. The van der Waals surface area contributed by atoms with Gasteiger partial charge in [-0.3, -0.25) is 9.36 Å². The molecule has 1 aliphatic rings. The molecule has 0 N–H and O–H groups in total. The number of anilines is 1. The predicted octanol–water partition coefficient (Wildman–Crippen LogP) is 5.62. The monoisotopic (exact) mass is 455 g/mol. The molecule has 33 heavy (non-hydrogen) atoms. The number of amides is 1. The van der Waals surface area contributed by atoms with Gasteiger partial charge >= 0.3 is 0 Å². The van der Waals surface area contributed by atoms with Crippen molar-refractivity contribution in [2.24, 2.45) is 0 Å². The van der Waals surface area contributed by atoms with Crippen LogP contribution in [0.3, 0.4) is 0 Å². The summed E-state index contributed by atoms with van der Waals surface area (Å²) < 4.78 is 7.35. The molecular weight excluding hydrogens is 430 g/mol. The van der Waals surface area contributed by atoms with E-state index in [-0.39, 0.29) is 5.91 Å². The summed E-state index contributed by atoms with van der Waals surface area (Å²) in [4.78, 5) is 20.0. The maximum Gasteiger partial charge on any atom is 0.237 e. The van der Waals surface area contributed by atoms with E-state index in [0.29, 0.717) is 5.75 Å². The van der Waals surface area contributed by atoms with Crippen LogP contribution in [0, 0.1) is 0 Å². The smallest absolute Gasteiger partial charge is 0.237 e. The van der Waals surface area contributed by atoms with Crippen LogP contribution >= 0.6 is 11.8 Å². The Morgan fingerprint density at radius 2 is 1.76 bits per heavy atom. The number of carbonyl (C=O) groups is 1. The largest absolute Gasteiger partial charge is 0.497 e. The summed E-state index contributed by atoms with van der Waals surface area (Å²) in [6.07, 6.45) is 4.04. The van der Waals surface area contributed by atoms with E-state index in [0.717, 1.165) is 52.9 Å². The third-order valence-corrected chi connectivity index (χ3v) is 6.77. The van der Waals surface area contributed by atoms with Crippen LogP contribution in [0.5, 0.6) is 5.75 Å². The molecule has 5 nitrogen and oxygen atoms in total. The zero-order valence-corrected chi connectivity index (χ0v) is 19.3. The maximum absolute atomic E-state index is 13.2. The number of benzene rings is 3. The minimum Gasteiger partial charge on any atom is -0.497 e. The van der Waals surface area contributed by atoms with Crippen LogP contribution in [0.15, 0.2) is 90.2 Å². The van der Waals surface area contributed by atoms with Gasteiger partial charge in [0.1, 0.15) is 5.75 Å². The normalized spacial score (nSPS) is 12.9. The Kier molecular flexibility index (Phi) is 6.17. The van der Waals surface area contributed by atoms with Gasteiger partial charge in [-0.25, -0.2) is 4.98 Å². The van der Waals surface area contributed by atoms with Crippen molar-refractivity contribution in [1.82, 2.24) is 9.55 Å². The molecule has 6 heteroatoms. The third kappa shape index (κ3) is 4.52. The molecule has 0 aliphatic carbocycles. The van der Waals surface area contributed by atoms with E-state index in [1.165, 1.54) is 17.3 Å². The number of thioether (sulfide) groups is 1. The number of aryl methyl sites for hydroxylation is 1. The number of methoxy groups -OCH3 is 1. The van der Waals surface area contributed by atoms with Gasteiger partial charge in [-0.15, -0.1) is 0 Å². The molecule has 166 valence electrons. The second kappa shape index (κ2) is 9.55. The number of imidazole rings is 1. The van der Waals surface area contributed by atoms with Crippen LogP contribution in [0.4, 0.5) is 5.69 Å². The molecule has 4 aromatic rings. The lowest BCUT2D eigenvalue weighted by Gasteiger charge is -2.29. The summed E-state index contributed by atoms with van der Waals surface area (Å²) in [5.41, 5.74) is 5.18. The molecule has 1 aliphatic heterocycles. The average molecular weight is 456 g/mol. The molecule has 1 aromatic heterocycles. The first-order chi connectivity index (χ1) is 16.2. The molecular formula is C27H25N3O2S. The number of ether oxygens (including phenoxy) is 1. The van der Waals surface area contributed by atoms with Gasteiger partial charge in [-0.2, -0.15) is 0 Å². The number of carbonyl (C=O) groups excluding carboxylic acids is 1.